The first kappa shape index (κ1) is 15.6. The lowest BCUT2D eigenvalue weighted by atomic mass is 9.97. The molecular weight excluding hydrogens is 316 g/mol. The minimum absolute atomic E-state index is 0.492. The molecule has 3 rings (SSSR count). The van der Waals surface area contributed by atoms with Crippen LogP contribution < -0.4 is 5.32 Å². The molecule has 2 aromatic heterocycles. The number of rotatable bonds is 6. The van der Waals surface area contributed by atoms with Crippen LogP contribution in [-0.4, -0.2) is 38.1 Å². The molecule has 0 aliphatic carbocycles. The molecule has 0 atom stereocenters. The summed E-state index contributed by atoms with van der Waals surface area (Å²) in [5.74, 6) is 2.37. The lowest BCUT2D eigenvalue weighted by molar-refractivity contribution is 0.431. The summed E-state index contributed by atoms with van der Waals surface area (Å²) in [4.78, 5) is 0. The van der Waals surface area contributed by atoms with Crippen molar-refractivity contribution in [3.63, 3.8) is 0 Å². The Morgan fingerprint density at radius 3 is 2.82 bits per heavy atom. The molecule has 6 nitrogen and oxygen atoms in total. The number of aryl methyl sites for hydroxylation is 1. The average molecular weight is 336 g/mol. The fraction of sp³-hybridized carbons (Fsp3) is 0.571. The molecule has 2 aromatic rings. The predicted molar refractivity (Wildman–Crippen MR) is 89.3 cm³/mol. The zero-order valence-corrected chi connectivity index (χ0v) is 14.3. The van der Waals surface area contributed by atoms with E-state index >= 15 is 0 Å². The molecule has 3 heterocycles. The van der Waals surface area contributed by atoms with Gasteiger partial charge in [0, 0.05) is 12.5 Å². The Hall–Kier alpha value is -1.25. The molecule has 0 unspecified atom stereocenters. The van der Waals surface area contributed by atoms with Crippen LogP contribution in [0.2, 0.25) is 0 Å². The minimum Gasteiger partial charge on any atom is -0.317 e. The molecule has 118 valence electrons. The van der Waals surface area contributed by atoms with Crippen LogP contribution in [0.1, 0.15) is 34.6 Å². The highest BCUT2D eigenvalue weighted by Gasteiger charge is 2.23. The van der Waals surface area contributed by atoms with E-state index in [0.29, 0.717) is 5.92 Å². The van der Waals surface area contributed by atoms with Crippen molar-refractivity contribution in [2.24, 2.45) is 0 Å². The maximum absolute atomic E-state index is 4.46. The molecule has 0 spiro atoms. The van der Waals surface area contributed by atoms with Gasteiger partial charge >= 0.3 is 0 Å². The van der Waals surface area contributed by atoms with E-state index in [2.05, 4.69) is 36.9 Å². The van der Waals surface area contributed by atoms with Crippen LogP contribution in [-0.2, 0) is 12.3 Å². The molecule has 0 amide bonds. The zero-order valence-electron chi connectivity index (χ0n) is 12.7. The predicted octanol–water partition coefficient (Wildman–Crippen LogP) is 2.38. The van der Waals surface area contributed by atoms with E-state index < -0.39 is 0 Å². The van der Waals surface area contributed by atoms with Gasteiger partial charge in [-0.2, -0.15) is 0 Å². The number of aromatic nitrogens is 5. The molecule has 1 saturated heterocycles. The number of nitrogens with one attached hydrogen (secondary N) is 1. The minimum atomic E-state index is 0.492. The molecule has 1 aliphatic rings. The molecule has 0 radical (unpaired) electrons. The van der Waals surface area contributed by atoms with Crippen molar-refractivity contribution in [3.8, 4) is 0 Å². The Bertz CT molecular complexity index is 629. The molecule has 1 fully saturated rings. The third-order valence-electron chi connectivity index (χ3n) is 3.65. The SMILES string of the molecule is C=CCn1c(SCc2nnc(C)s2)nnc1C1CCNCC1. The van der Waals surface area contributed by atoms with E-state index in [1.54, 1.807) is 23.1 Å². The summed E-state index contributed by atoms with van der Waals surface area (Å²) >= 11 is 3.30. The second kappa shape index (κ2) is 7.34. The third kappa shape index (κ3) is 3.56. The maximum atomic E-state index is 4.46. The summed E-state index contributed by atoms with van der Waals surface area (Å²) < 4.78 is 2.20. The van der Waals surface area contributed by atoms with Crippen LogP contribution in [0.5, 0.6) is 0 Å². The van der Waals surface area contributed by atoms with Gasteiger partial charge in [-0.3, -0.25) is 0 Å². The fourth-order valence-electron chi connectivity index (χ4n) is 2.61. The smallest absolute Gasteiger partial charge is 0.191 e. The van der Waals surface area contributed by atoms with Crippen molar-refractivity contribution in [2.45, 2.75) is 43.1 Å². The maximum Gasteiger partial charge on any atom is 0.191 e. The number of allylic oxidation sites excluding steroid dienone is 1. The first-order valence-corrected chi connectivity index (χ1v) is 9.24. The van der Waals surface area contributed by atoms with E-state index in [0.717, 1.165) is 59.2 Å². The Kier molecular flexibility index (Phi) is 5.22. The monoisotopic (exact) mass is 336 g/mol. The topological polar surface area (TPSA) is 68.5 Å². The highest BCUT2D eigenvalue weighted by molar-refractivity contribution is 7.98. The largest absolute Gasteiger partial charge is 0.317 e. The van der Waals surface area contributed by atoms with Gasteiger partial charge in [0.05, 0.1) is 5.75 Å². The van der Waals surface area contributed by atoms with E-state index in [1.807, 2.05) is 13.0 Å². The quantitative estimate of drug-likeness (QED) is 0.645. The standard InChI is InChI=1S/C14H20N6S2/c1-3-8-20-13(11-4-6-15-7-5-11)18-19-14(20)21-9-12-17-16-10(2)22-12/h3,11,15H,1,4-9H2,2H3. The van der Waals surface area contributed by atoms with Gasteiger partial charge in [-0.1, -0.05) is 17.8 Å². The van der Waals surface area contributed by atoms with Crippen molar-refractivity contribution < 1.29 is 0 Å². The summed E-state index contributed by atoms with van der Waals surface area (Å²) in [5, 5.41) is 23.4. The number of piperidine rings is 1. The van der Waals surface area contributed by atoms with Crippen molar-refractivity contribution in [1.29, 1.82) is 0 Å². The van der Waals surface area contributed by atoms with Crippen LogP contribution in [0.15, 0.2) is 17.8 Å². The van der Waals surface area contributed by atoms with Gasteiger partial charge < -0.3 is 9.88 Å². The van der Waals surface area contributed by atoms with Crippen molar-refractivity contribution in [1.82, 2.24) is 30.3 Å². The van der Waals surface area contributed by atoms with Crippen LogP contribution in [0.4, 0.5) is 0 Å². The van der Waals surface area contributed by atoms with Crippen LogP contribution >= 0.6 is 23.1 Å². The van der Waals surface area contributed by atoms with Gasteiger partial charge in [0.2, 0.25) is 0 Å². The Labute approximate surface area is 138 Å². The first-order valence-electron chi connectivity index (χ1n) is 7.44. The number of nitrogens with zero attached hydrogens (tertiary/aromatic N) is 5. The second-order valence-electron chi connectivity index (χ2n) is 5.27. The number of thioether (sulfide) groups is 1. The number of hydrogen-bond donors (Lipinski definition) is 1. The summed E-state index contributed by atoms with van der Waals surface area (Å²) in [6.07, 6.45) is 4.15. The normalized spacial score (nSPS) is 16.0. The van der Waals surface area contributed by atoms with Crippen molar-refractivity contribution in [3.05, 3.63) is 28.5 Å². The van der Waals surface area contributed by atoms with Gasteiger partial charge in [-0.05, 0) is 32.9 Å². The molecule has 8 heteroatoms. The zero-order chi connectivity index (χ0) is 15.4. The molecule has 0 bridgehead atoms. The Morgan fingerprint density at radius 1 is 1.32 bits per heavy atom. The highest BCUT2D eigenvalue weighted by Crippen LogP contribution is 2.29. The third-order valence-corrected chi connectivity index (χ3v) is 5.65. The fourth-order valence-corrected chi connectivity index (χ4v) is 4.26. The summed E-state index contributed by atoms with van der Waals surface area (Å²) in [6, 6.07) is 0. The molecule has 0 aromatic carbocycles. The van der Waals surface area contributed by atoms with E-state index in [4.69, 9.17) is 0 Å². The van der Waals surface area contributed by atoms with Gasteiger partial charge in [0.25, 0.3) is 0 Å². The average Bonchev–Trinajstić information content (AvgIpc) is 3.13. The Balaban J connectivity index is 1.75. The lowest BCUT2D eigenvalue weighted by Crippen LogP contribution is -2.28. The van der Waals surface area contributed by atoms with Crippen LogP contribution in [0.25, 0.3) is 0 Å². The van der Waals surface area contributed by atoms with E-state index in [1.165, 1.54) is 0 Å². The van der Waals surface area contributed by atoms with Gasteiger partial charge in [0.15, 0.2) is 5.16 Å². The van der Waals surface area contributed by atoms with Crippen LogP contribution in [0.3, 0.4) is 0 Å². The van der Waals surface area contributed by atoms with Crippen molar-refractivity contribution in [2.75, 3.05) is 13.1 Å². The van der Waals surface area contributed by atoms with Gasteiger partial charge in [-0.25, -0.2) is 0 Å². The summed E-state index contributed by atoms with van der Waals surface area (Å²) in [6.45, 7) is 8.70. The molecule has 1 aliphatic heterocycles. The van der Waals surface area contributed by atoms with Gasteiger partial charge in [-0.15, -0.1) is 38.3 Å². The highest BCUT2D eigenvalue weighted by atomic mass is 32.2. The lowest BCUT2D eigenvalue weighted by Gasteiger charge is -2.22. The summed E-state index contributed by atoms with van der Waals surface area (Å²) in [5.41, 5.74) is 0. The van der Waals surface area contributed by atoms with E-state index in [9.17, 15) is 0 Å². The molecular formula is C14H20N6S2. The second-order valence-corrected chi connectivity index (χ2v) is 7.48. The number of hydrogen-bond acceptors (Lipinski definition) is 7. The van der Waals surface area contributed by atoms with Crippen LogP contribution in [0, 0.1) is 6.92 Å². The van der Waals surface area contributed by atoms with Crippen molar-refractivity contribution >= 4 is 23.1 Å². The van der Waals surface area contributed by atoms with E-state index in [-0.39, 0.29) is 0 Å². The Morgan fingerprint density at radius 2 is 2.14 bits per heavy atom. The van der Waals surface area contributed by atoms with Gasteiger partial charge in [0.1, 0.15) is 15.8 Å². The molecule has 22 heavy (non-hydrogen) atoms. The molecule has 1 N–H and O–H groups in total. The molecule has 0 saturated carbocycles. The first-order chi connectivity index (χ1) is 10.8. The summed E-state index contributed by atoms with van der Waals surface area (Å²) in [7, 11) is 0.